The van der Waals surface area contributed by atoms with Gasteiger partial charge >= 0.3 is 0 Å². The third kappa shape index (κ3) is 5.37. The molecule has 0 aliphatic heterocycles. The molecule has 0 unspecified atom stereocenters. The third-order valence-corrected chi connectivity index (χ3v) is 4.88. The summed E-state index contributed by atoms with van der Waals surface area (Å²) < 4.78 is 43.7. The van der Waals surface area contributed by atoms with Gasteiger partial charge in [-0.05, 0) is 37.0 Å². The summed E-state index contributed by atoms with van der Waals surface area (Å²) in [5.41, 5.74) is 0. The summed E-state index contributed by atoms with van der Waals surface area (Å²) in [6.07, 6.45) is 6.23. The third-order valence-electron chi connectivity index (χ3n) is 4.32. The number of hydrogen-bond donors (Lipinski definition) is 1. The predicted molar refractivity (Wildman–Crippen MR) is 113 cm³/mol. The molecule has 162 valence electrons. The summed E-state index contributed by atoms with van der Waals surface area (Å²) in [7, 11) is -2.18. The number of methoxy groups -OCH3 is 1. The number of benzene rings is 1. The van der Waals surface area contributed by atoms with Crippen LogP contribution in [0.4, 0.5) is 5.82 Å². The van der Waals surface area contributed by atoms with Gasteiger partial charge < -0.3 is 14.2 Å². The Morgan fingerprint density at radius 2 is 1.74 bits per heavy atom. The van der Waals surface area contributed by atoms with Crippen molar-refractivity contribution in [1.82, 2.24) is 19.9 Å². The Morgan fingerprint density at radius 3 is 2.39 bits per heavy atom. The van der Waals surface area contributed by atoms with E-state index in [-0.39, 0.29) is 29.1 Å². The van der Waals surface area contributed by atoms with Crippen molar-refractivity contribution in [2.24, 2.45) is 5.92 Å². The van der Waals surface area contributed by atoms with Gasteiger partial charge in [-0.1, -0.05) is 12.1 Å². The van der Waals surface area contributed by atoms with Crippen LogP contribution in [-0.2, 0) is 10.0 Å². The fraction of sp³-hybridized carbons (Fsp3) is 0.300. The van der Waals surface area contributed by atoms with Gasteiger partial charge in [0.05, 0.1) is 20.0 Å². The number of para-hydroxylation sites is 2. The normalized spacial score (nSPS) is 13.5. The monoisotopic (exact) mass is 443 g/mol. The highest BCUT2D eigenvalue weighted by Crippen LogP contribution is 2.41. The minimum absolute atomic E-state index is 0.0234. The van der Waals surface area contributed by atoms with Gasteiger partial charge in [0.25, 0.3) is 5.88 Å². The molecule has 11 heteroatoms. The maximum atomic E-state index is 12.0. The van der Waals surface area contributed by atoms with E-state index in [0.717, 1.165) is 19.1 Å². The Morgan fingerprint density at radius 1 is 1.03 bits per heavy atom. The van der Waals surface area contributed by atoms with Crippen molar-refractivity contribution in [2.75, 3.05) is 24.7 Å². The van der Waals surface area contributed by atoms with E-state index < -0.39 is 10.0 Å². The molecule has 0 bridgehead atoms. The summed E-state index contributed by atoms with van der Waals surface area (Å²) in [6.45, 7) is 0.423. The van der Waals surface area contributed by atoms with E-state index in [1.54, 1.807) is 42.7 Å². The van der Waals surface area contributed by atoms with Crippen LogP contribution in [0.1, 0.15) is 12.8 Å². The molecule has 1 saturated carbocycles. The van der Waals surface area contributed by atoms with Gasteiger partial charge in [-0.2, -0.15) is 4.98 Å². The first kappa shape index (κ1) is 20.8. The smallest absolute Gasteiger partial charge is 0.263 e. The lowest BCUT2D eigenvalue weighted by molar-refractivity contribution is 0.273. The largest absolute Gasteiger partial charge is 0.493 e. The van der Waals surface area contributed by atoms with E-state index >= 15 is 0 Å². The SMILES string of the molecule is COc1ccccc1Oc1c(NS(C)(=O)=O)nc(-c2ncccn2)nc1OCC1CC1. The highest BCUT2D eigenvalue weighted by atomic mass is 32.2. The number of anilines is 1. The van der Waals surface area contributed by atoms with E-state index in [4.69, 9.17) is 14.2 Å². The quantitative estimate of drug-likeness (QED) is 0.531. The molecule has 0 saturated heterocycles. The van der Waals surface area contributed by atoms with Crippen LogP contribution in [0, 0.1) is 5.92 Å². The van der Waals surface area contributed by atoms with E-state index in [0.29, 0.717) is 24.0 Å². The minimum atomic E-state index is -3.69. The second-order valence-electron chi connectivity index (χ2n) is 6.98. The molecule has 4 rings (SSSR count). The van der Waals surface area contributed by atoms with Gasteiger partial charge in [-0.3, -0.25) is 4.72 Å². The maximum absolute atomic E-state index is 12.0. The summed E-state index contributed by atoms with van der Waals surface area (Å²) >= 11 is 0. The Bertz CT molecular complexity index is 1170. The zero-order valence-corrected chi connectivity index (χ0v) is 17.8. The average Bonchev–Trinajstić information content (AvgIpc) is 3.58. The highest BCUT2D eigenvalue weighted by molar-refractivity contribution is 7.92. The number of aromatic nitrogens is 4. The number of sulfonamides is 1. The lowest BCUT2D eigenvalue weighted by Crippen LogP contribution is -2.14. The molecule has 3 aromatic rings. The van der Waals surface area contributed by atoms with Gasteiger partial charge in [0.1, 0.15) is 0 Å². The summed E-state index contributed by atoms with van der Waals surface area (Å²) in [5, 5.41) is 0. The first-order chi connectivity index (χ1) is 14.9. The molecule has 0 spiro atoms. The lowest BCUT2D eigenvalue weighted by atomic mass is 10.3. The molecule has 1 aliphatic carbocycles. The predicted octanol–water partition coefficient (Wildman–Crippen LogP) is 2.89. The molecular formula is C20H21N5O5S. The fourth-order valence-corrected chi connectivity index (χ4v) is 3.16. The Labute approximate surface area is 179 Å². The van der Waals surface area contributed by atoms with Crippen molar-refractivity contribution in [3.05, 3.63) is 42.7 Å². The highest BCUT2D eigenvalue weighted by Gasteiger charge is 2.27. The van der Waals surface area contributed by atoms with Gasteiger partial charge in [0, 0.05) is 12.4 Å². The Balaban J connectivity index is 1.83. The molecule has 1 fully saturated rings. The topological polar surface area (TPSA) is 125 Å². The molecule has 1 aromatic carbocycles. The molecule has 31 heavy (non-hydrogen) atoms. The van der Waals surface area contributed by atoms with Crippen LogP contribution in [0.5, 0.6) is 23.1 Å². The molecule has 2 aromatic heterocycles. The molecular weight excluding hydrogens is 422 g/mol. The zero-order chi connectivity index (χ0) is 21.8. The molecule has 10 nitrogen and oxygen atoms in total. The second kappa shape index (κ2) is 8.72. The molecule has 1 aliphatic rings. The first-order valence-electron chi connectivity index (χ1n) is 9.54. The van der Waals surface area contributed by atoms with Gasteiger partial charge in [0.2, 0.25) is 21.6 Å². The van der Waals surface area contributed by atoms with Crippen LogP contribution in [0.25, 0.3) is 11.6 Å². The lowest BCUT2D eigenvalue weighted by Gasteiger charge is -2.17. The number of rotatable bonds is 9. The number of nitrogens with one attached hydrogen (secondary N) is 1. The summed E-state index contributed by atoms with van der Waals surface area (Å²) in [6, 6.07) is 8.61. The van der Waals surface area contributed by atoms with Crippen LogP contribution >= 0.6 is 0 Å². The average molecular weight is 443 g/mol. The molecule has 1 N–H and O–H groups in total. The van der Waals surface area contributed by atoms with Crippen LogP contribution in [-0.4, -0.2) is 48.3 Å². The van der Waals surface area contributed by atoms with Gasteiger partial charge in [-0.25, -0.2) is 23.4 Å². The van der Waals surface area contributed by atoms with E-state index in [2.05, 4.69) is 24.7 Å². The maximum Gasteiger partial charge on any atom is 0.263 e. The van der Waals surface area contributed by atoms with Crippen molar-refractivity contribution in [1.29, 1.82) is 0 Å². The minimum Gasteiger partial charge on any atom is -0.493 e. The first-order valence-corrected chi connectivity index (χ1v) is 11.4. The van der Waals surface area contributed by atoms with Crippen LogP contribution in [0.2, 0.25) is 0 Å². The van der Waals surface area contributed by atoms with E-state index in [9.17, 15) is 8.42 Å². The van der Waals surface area contributed by atoms with Crippen LogP contribution in [0.15, 0.2) is 42.7 Å². The van der Waals surface area contributed by atoms with Crippen molar-refractivity contribution in [3.8, 4) is 34.8 Å². The number of nitrogens with zero attached hydrogens (tertiary/aromatic N) is 4. The summed E-state index contributed by atoms with van der Waals surface area (Å²) in [4.78, 5) is 17.0. The second-order valence-corrected chi connectivity index (χ2v) is 8.73. The van der Waals surface area contributed by atoms with Crippen LogP contribution in [0.3, 0.4) is 0 Å². The van der Waals surface area contributed by atoms with Crippen molar-refractivity contribution in [3.63, 3.8) is 0 Å². The molecule has 0 radical (unpaired) electrons. The van der Waals surface area contributed by atoms with Gasteiger partial charge in [0.15, 0.2) is 23.1 Å². The van der Waals surface area contributed by atoms with E-state index in [1.807, 2.05) is 0 Å². The van der Waals surface area contributed by atoms with Gasteiger partial charge in [-0.15, -0.1) is 0 Å². The van der Waals surface area contributed by atoms with Crippen LogP contribution < -0.4 is 18.9 Å². The Kier molecular flexibility index (Phi) is 5.85. The molecule has 2 heterocycles. The summed E-state index contributed by atoms with van der Waals surface area (Å²) in [5.74, 6) is 1.58. The van der Waals surface area contributed by atoms with Crippen molar-refractivity contribution >= 4 is 15.8 Å². The van der Waals surface area contributed by atoms with E-state index in [1.165, 1.54) is 7.11 Å². The zero-order valence-electron chi connectivity index (χ0n) is 17.0. The number of ether oxygens (including phenoxy) is 3. The Hall–Kier alpha value is -3.47. The molecule has 0 amide bonds. The standard InChI is InChI=1S/C20H21N5O5S/c1-28-14-6-3-4-7-15(14)30-16-17(25-31(2,26)27)23-19(18-21-10-5-11-22-18)24-20(16)29-12-13-8-9-13/h3-7,10-11,13H,8-9,12H2,1-2H3,(H,23,24,25). The fourth-order valence-electron chi connectivity index (χ4n) is 2.67. The molecule has 0 atom stereocenters. The van der Waals surface area contributed by atoms with Crippen molar-refractivity contribution in [2.45, 2.75) is 12.8 Å². The number of hydrogen-bond acceptors (Lipinski definition) is 9. The van der Waals surface area contributed by atoms with Crippen molar-refractivity contribution < 1.29 is 22.6 Å².